The van der Waals surface area contributed by atoms with Crippen molar-refractivity contribution in [3.8, 4) is 0 Å². The molecule has 3 aliphatic rings. The van der Waals surface area contributed by atoms with E-state index in [0.29, 0.717) is 27.9 Å². The summed E-state index contributed by atoms with van der Waals surface area (Å²) in [5.74, 6) is 1.62. The van der Waals surface area contributed by atoms with Gasteiger partial charge in [0.25, 0.3) is 0 Å². The number of fused-ring (bicyclic) bond motifs is 2. The predicted molar refractivity (Wildman–Crippen MR) is 121 cm³/mol. The average molecular weight is 452 g/mol. The second-order valence-corrected chi connectivity index (χ2v) is 10.4. The maximum absolute atomic E-state index is 6.43. The molecule has 2 aromatic rings. The van der Waals surface area contributed by atoms with Crippen molar-refractivity contribution in [1.29, 1.82) is 0 Å². The zero-order chi connectivity index (χ0) is 20.9. The van der Waals surface area contributed by atoms with Crippen molar-refractivity contribution in [1.82, 2.24) is 9.55 Å². The molecule has 2 saturated carbocycles. The van der Waals surface area contributed by atoms with Crippen molar-refractivity contribution in [3.05, 3.63) is 22.2 Å². The molecule has 1 N–H and O–H groups in total. The van der Waals surface area contributed by atoms with Crippen LogP contribution in [-0.2, 0) is 9.47 Å². The van der Waals surface area contributed by atoms with Crippen molar-refractivity contribution in [2.45, 2.75) is 76.7 Å². The summed E-state index contributed by atoms with van der Waals surface area (Å²) < 4.78 is 15.2. The highest BCUT2D eigenvalue weighted by molar-refractivity contribution is 6.42. The Morgan fingerprint density at radius 3 is 2.30 bits per heavy atom. The maximum Gasteiger partial charge on any atom is 0.204 e. The third-order valence-corrected chi connectivity index (χ3v) is 7.79. The van der Waals surface area contributed by atoms with E-state index < -0.39 is 0 Å². The molecule has 0 bridgehead atoms. The molecule has 7 heteroatoms. The summed E-state index contributed by atoms with van der Waals surface area (Å²) in [6.07, 6.45) is 7.97. The number of nitrogens with one attached hydrogen (secondary N) is 1. The highest BCUT2D eigenvalue weighted by atomic mass is 35.5. The minimum absolute atomic E-state index is 0.288. The highest BCUT2D eigenvalue weighted by Crippen LogP contribution is 2.47. The fourth-order valence-electron chi connectivity index (χ4n) is 5.56. The molecule has 2 unspecified atom stereocenters. The first-order valence-corrected chi connectivity index (χ1v) is 12.1. The molecule has 1 aromatic heterocycles. The van der Waals surface area contributed by atoms with Crippen molar-refractivity contribution < 1.29 is 9.47 Å². The lowest BCUT2D eigenvalue weighted by Crippen LogP contribution is -2.38. The molecule has 1 aliphatic heterocycles. The molecule has 2 atom stereocenters. The SMILES string of the molecule is CC(C)Nc1nc2cc(Cl)c(Cl)cc2n1C1CC2COC3(CCCCC3)OCC2C1. The normalized spacial score (nSPS) is 28.8. The van der Waals surface area contributed by atoms with Crippen LogP contribution in [0.5, 0.6) is 0 Å². The highest BCUT2D eigenvalue weighted by Gasteiger charge is 2.44. The van der Waals surface area contributed by atoms with Gasteiger partial charge in [-0.25, -0.2) is 4.98 Å². The molecule has 0 radical (unpaired) electrons. The fraction of sp³-hybridized carbons (Fsp3) is 0.696. The quantitative estimate of drug-likeness (QED) is 0.583. The lowest BCUT2D eigenvalue weighted by atomic mass is 9.94. The van der Waals surface area contributed by atoms with E-state index in [9.17, 15) is 0 Å². The standard InChI is InChI=1S/C23H31Cl2N3O2/c1-14(2)26-22-27-20-10-18(24)19(25)11-21(20)28(22)17-8-15-12-29-23(6-4-3-5-7-23)30-13-16(15)9-17/h10-11,14-17H,3-9,12-13H2,1-2H3,(H,26,27). The van der Waals surface area contributed by atoms with Gasteiger partial charge in [0, 0.05) is 24.9 Å². The summed E-state index contributed by atoms with van der Waals surface area (Å²) in [7, 11) is 0. The van der Waals surface area contributed by atoms with Crippen LogP contribution in [0.3, 0.4) is 0 Å². The minimum atomic E-state index is -0.311. The van der Waals surface area contributed by atoms with Crippen LogP contribution in [0.1, 0.15) is 64.8 Å². The molecular weight excluding hydrogens is 421 g/mol. The Morgan fingerprint density at radius 2 is 1.67 bits per heavy atom. The number of aromatic nitrogens is 2. The molecule has 1 spiro atoms. The van der Waals surface area contributed by atoms with E-state index in [1.165, 1.54) is 19.3 Å². The van der Waals surface area contributed by atoms with Gasteiger partial charge >= 0.3 is 0 Å². The number of rotatable bonds is 3. The van der Waals surface area contributed by atoms with E-state index in [1.54, 1.807) is 0 Å². The van der Waals surface area contributed by atoms with Crippen LogP contribution in [0.15, 0.2) is 12.1 Å². The van der Waals surface area contributed by atoms with E-state index in [4.69, 9.17) is 37.7 Å². The molecule has 0 amide bonds. The molecule has 30 heavy (non-hydrogen) atoms. The molecule has 164 valence electrons. The van der Waals surface area contributed by atoms with Crippen LogP contribution in [0.2, 0.25) is 10.0 Å². The smallest absolute Gasteiger partial charge is 0.204 e. The summed E-state index contributed by atoms with van der Waals surface area (Å²) in [5.41, 5.74) is 1.92. The molecular formula is C23H31Cl2N3O2. The molecule has 5 nitrogen and oxygen atoms in total. The predicted octanol–water partition coefficient (Wildman–Crippen LogP) is 6.44. The number of nitrogens with zero attached hydrogens (tertiary/aromatic N) is 2. The van der Waals surface area contributed by atoms with Crippen LogP contribution in [0.25, 0.3) is 11.0 Å². The molecule has 1 saturated heterocycles. The summed E-state index contributed by atoms with van der Waals surface area (Å²) in [6, 6.07) is 4.45. The Morgan fingerprint density at radius 1 is 1.03 bits per heavy atom. The average Bonchev–Trinajstić information content (AvgIpc) is 3.21. The fourth-order valence-corrected chi connectivity index (χ4v) is 5.87. The molecule has 1 aromatic carbocycles. The van der Waals surface area contributed by atoms with Gasteiger partial charge in [-0.05, 0) is 63.5 Å². The van der Waals surface area contributed by atoms with Gasteiger partial charge in [-0.15, -0.1) is 0 Å². The van der Waals surface area contributed by atoms with Crippen molar-refractivity contribution in [2.24, 2.45) is 11.8 Å². The number of hydrogen-bond acceptors (Lipinski definition) is 4. The largest absolute Gasteiger partial charge is 0.353 e. The third kappa shape index (κ3) is 3.83. The van der Waals surface area contributed by atoms with E-state index in [0.717, 1.165) is 55.9 Å². The summed E-state index contributed by atoms with van der Waals surface area (Å²) >= 11 is 12.6. The van der Waals surface area contributed by atoms with Crippen LogP contribution in [-0.4, -0.2) is 34.6 Å². The molecule has 2 aliphatic carbocycles. The summed E-state index contributed by atoms with van der Waals surface area (Å²) in [6.45, 7) is 5.86. The van der Waals surface area contributed by atoms with Crippen molar-refractivity contribution in [2.75, 3.05) is 18.5 Å². The Hall–Kier alpha value is -1.01. The van der Waals surface area contributed by atoms with E-state index >= 15 is 0 Å². The van der Waals surface area contributed by atoms with E-state index in [1.807, 2.05) is 12.1 Å². The second-order valence-electron chi connectivity index (χ2n) is 9.60. The Bertz CT molecular complexity index is 905. The van der Waals surface area contributed by atoms with Crippen LogP contribution in [0, 0.1) is 11.8 Å². The van der Waals surface area contributed by atoms with Crippen LogP contribution >= 0.6 is 23.2 Å². The molecule has 2 heterocycles. The second kappa shape index (κ2) is 8.16. The number of imidazole rings is 1. The Labute approximate surface area is 188 Å². The number of ether oxygens (including phenoxy) is 2. The lowest BCUT2D eigenvalue weighted by Gasteiger charge is -2.36. The van der Waals surface area contributed by atoms with Gasteiger partial charge in [-0.2, -0.15) is 0 Å². The Kier molecular flexibility index (Phi) is 5.68. The van der Waals surface area contributed by atoms with Gasteiger partial charge in [0.1, 0.15) is 0 Å². The molecule has 3 fully saturated rings. The van der Waals surface area contributed by atoms with Crippen LogP contribution in [0.4, 0.5) is 5.95 Å². The zero-order valence-electron chi connectivity index (χ0n) is 17.8. The first-order chi connectivity index (χ1) is 14.4. The van der Waals surface area contributed by atoms with E-state index in [-0.39, 0.29) is 11.8 Å². The van der Waals surface area contributed by atoms with Gasteiger partial charge < -0.3 is 19.4 Å². The number of benzene rings is 1. The van der Waals surface area contributed by atoms with Gasteiger partial charge in [0.15, 0.2) is 5.79 Å². The number of halogens is 2. The number of hydrogen-bond donors (Lipinski definition) is 1. The van der Waals surface area contributed by atoms with E-state index in [2.05, 4.69) is 23.7 Å². The lowest BCUT2D eigenvalue weighted by molar-refractivity contribution is -0.244. The van der Waals surface area contributed by atoms with Crippen molar-refractivity contribution >= 4 is 40.2 Å². The first kappa shape index (κ1) is 20.9. The number of anilines is 1. The van der Waals surface area contributed by atoms with Crippen LogP contribution < -0.4 is 5.32 Å². The van der Waals surface area contributed by atoms with Gasteiger partial charge in [-0.1, -0.05) is 29.6 Å². The third-order valence-electron chi connectivity index (χ3n) is 7.07. The first-order valence-electron chi connectivity index (χ1n) is 11.4. The van der Waals surface area contributed by atoms with Gasteiger partial charge in [0.2, 0.25) is 5.95 Å². The van der Waals surface area contributed by atoms with Gasteiger partial charge in [0.05, 0.1) is 34.3 Å². The maximum atomic E-state index is 6.43. The topological polar surface area (TPSA) is 48.3 Å². The Balaban J connectivity index is 1.42. The summed E-state index contributed by atoms with van der Waals surface area (Å²) in [5, 5.41) is 4.63. The van der Waals surface area contributed by atoms with Gasteiger partial charge in [-0.3, -0.25) is 0 Å². The zero-order valence-corrected chi connectivity index (χ0v) is 19.3. The summed E-state index contributed by atoms with van der Waals surface area (Å²) in [4.78, 5) is 4.85. The molecule has 5 rings (SSSR count). The van der Waals surface area contributed by atoms with Crippen molar-refractivity contribution in [3.63, 3.8) is 0 Å². The monoisotopic (exact) mass is 451 g/mol. The minimum Gasteiger partial charge on any atom is -0.353 e.